The molecule has 2 fully saturated rings. The molecule has 2 aliphatic rings. The molecule has 0 aromatic rings. The van der Waals surface area contributed by atoms with Crippen LogP contribution in [0.3, 0.4) is 0 Å². The number of rotatable bonds is 0. The van der Waals surface area contributed by atoms with Crippen LogP contribution in [-0.2, 0) is 0 Å². The average Bonchev–Trinajstić information content (AvgIpc) is 2.22. The van der Waals surface area contributed by atoms with Gasteiger partial charge in [0, 0.05) is 10.5 Å². The Morgan fingerprint density at radius 3 is 2.27 bits per heavy atom. The first-order valence-corrected chi connectivity index (χ1v) is 6.31. The first kappa shape index (κ1) is 11.6. The van der Waals surface area contributed by atoms with Crippen molar-refractivity contribution in [3.63, 3.8) is 0 Å². The minimum atomic E-state index is -4.24. The van der Waals surface area contributed by atoms with Gasteiger partial charge in [0.1, 0.15) is 0 Å². The van der Waals surface area contributed by atoms with Gasteiger partial charge in [-0.05, 0) is 25.7 Å². The number of hydrogen-bond acceptors (Lipinski definition) is 2. The molecule has 0 radical (unpaired) electrons. The summed E-state index contributed by atoms with van der Waals surface area (Å²) in [7, 11) is 0. The van der Waals surface area contributed by atoms with E-state index in [1.54, 1.807) is 11.8 Å². The summed E-state index contributed by atoms with van der Waals surface area (Å²) < 4.78 is 38.0. The Bertz CT molecular complexity index is 231. The number of aliphatic hydroxyl groups is 1. The molecule has 4 unspecified atom stereocenters. The first-order chi connectivity index (χ1) is 6.97. The Hall–Kier alpha value is 0.100. The van der Waals surface area contributed by atoms with E-state index in [4.69, 9.17) is 0 Å². The van der Waals surface area contributed by atoms with E-state index >= 15 is 0 Å². The Morgan fingerprint density at radius 2 is 1.67 bits per heavy atom. The quantitative estimate of drug-likeness (QED) is 0.702. The minimum absolute atomic E-state index is 0.103. The van der Waals surface area contributed by atoms with Crippen LogP contribution in [-0.4, -0.2) is 27.9 Å². The van der Waals surface area contributed by atoms with E-state index in [2.05, 4.69) is 0 Å². The summed E-state index contributed by atoms with van der Waals surface area (Å²) >= 11 is 1.66. The van der Waals surface area contributed by atoms with Crippen molar-refractivity contribution in [1.82, 2.24) is 0 Å². The van der Waals surface area contributed by atoms with Gasteiger partial charge < -0.3 is 5.11 Å². The normalized spacial score (nSPS) is 42.4. The van der Waals surface area contributed by atoms with Gasteiger partial charge >= 0.3 is 6.18 Å². The fourth-order valence-corrected chi connectivity index (χ4v) is 4.33. The first-order valence-electron chi connectivity index (χ1n) is 5.37. The molecule has 2 bridgehead atoms. The number of halogens is 3. The molecule has 0 aromatic carbocycles. The molecule has 2 aliphatic heterocycles. The second-order valence-corrected chi connectivity index (χ2v) is 6.10. The van der Waals surface area contributed by atoms with Crippen molar-refractivity contribution in [2.75, 3.05) is 0 Å². The highest BCUT2D eigenvalue weighted by Gasteiger charge is 2.48. The molecule has 2 saturated heterocycles. The highest BCUT2D eigenvalue weighted by Crippen LogP contribution is 2.46. The SMILES string of the molecule is OC1CC2CCCC(CC1C(F)(F)F)S2. The molecule has 0 aliphatic carbocycles. The van der Waals surface area contributed by atoms with Crippen LogP contribution in [0.4, 0.5) is 13.2 Å². The Morgan fingerprint density at radius 1 is 1.07 bits per heavy atom. The van der Waals surface area contributed by atoms with Gasteiger partial charge in [-0.15, -0.1) is 0 Å². The maximum absolute atomic E-state index is 12.7. The summed E-state index contributed by atoms with van der Waals surface area (Å²) in [6.45, 7) is 0. The standard InChI is InChI=1S/C10H15F3OS/c11-10(12,13)8-4-6-2-1-3-7(15-6)5-9(8)14/h6-9,14H,1-5H2. The largest absolute Gasteiger partial charge is 0.394 e. The molecule has 0 aromatic heterocycles. The van der Waals surface area contributed by atoms with Crippen molar-refractivity contribution in [3.8, 4) is 0 Å². The minimum Gasteiger partial charge on any atom is -0.392 e. The number of aliphatic hydroxyl groups excluding tert-OH is 1. The van der Waals surface area contributed by atoms with Crippen molar-refractivity contribution < 1.29 is 18.3 Å². The van der Waals surface area contributed by atoms with Crippen LogP contribution in [0.2, 0.25) is 0 Å². The third kappa shape index (κ3) is 2.61. The molecular weight excluding hydrogens is 225 g/mol. The van der Waals surface area contributed by atoms with Crippen molar-refractivity contribution in [2.24, 2.45) is 5.92 Å². The lowest BCUT2D eigenvalue weighted by molar-refractivity contribution is -0.201. The number of hydrogen-bond donors (Lipinski definition) is 1. The number of fused-ring (bicyclic) bond motifs is 2. The Balaban J connectivity index is 2.12. The van der Waals surface area contributed by atoms with Crippen LogP contribution in [0.25, 0.3) is 0 Å². The summed E-state index contributed by atoms with van der Waals surface area (Å²) in [6.07, 6.45) is -2.16. The summed E-state index contributed by atoms with van der Waals surface area (Å²) in [6, 6.07) is 0. The van der Waals surface area contributed by atoms with Gasteiger partial charge in [0.05, 0.1) is 12.0 Å². The lowest BCUT2D eigenvalue weighted by Gasteiger charge is -2.26. The highest BCUT2D eigenvalue weighted by atomic mass is 32.2. The molecule has 1 nitrogen and oxygen atoms in total. The third-order valence-corrected chi connectivity index (χ3v) is 4.97. The molecule has 5 heteroatoms. The summed E-state index contributed by atoms with van der Waals surface area (Å²) in [5, 5.41) is 9.94. The van der Waals surface area contributed by atoms with Crippen LogP contribution in [0.1, 0.15) is 32.1 Å². The van der Waals surface area contributed by atoms with E-state index in [9.17, 15) is 18.3 Å². The van der Waals surface area contributed by atoms with E-state index in [1.807, 2.05) is 0 Å². The molecule has 0 amide bonds. The molecule has 0 spiro atoms. The smallest absolute Gasteiger partial charge is 0.392 e. The zero-order chi connectivity index (χ0) is 11.1. The highest BCUT2D eigenvalue weighted by molar-refractivity contribution is 8.00. The van der Waals surface area contributed by atoms with Crippen molar-refractivity contribution in [1.29, 1.82) is 0 Å². The zero-order valence-electron chi connectivity index (χ0n) is 8.33. The predicted octanol–water partition coefficient (Wildman–Crippen LogP) is 2.97. The Labute approximate surface area is 91.4 Å². The van der Waals surface area contributed by atoms with Gasteiger partial charge in [-0.1, -0.05) is 6.42 Å². The molecule has 0 saturated carbocycles. The van der Waals surface area contributed by atoms with E-state index in [0.29, 0.717) is 6.42 Å². The van der Waals surface area contributed by atoms with E-state index in [1.165, 1.54) is 0 Å². The van der Waals surface area contributed by atoms with Gasteiger partial charge in [-0.3, -0.25) is 0 Å². The molecular formula is C10H15F3OS. The van der Waals surface area contributed by atoms with Crippen LogP contribution >= 0.6 is 11.8 Å². The molecule has 2 rings (SSSR count). The third-order valence-electron chi connectivity index (χ3n) is 3.34. The van der Waals surface area contributed by atoms with Gasteiger partial charge in [-0.25, -0.2) is 0 Å². The predicted molar refractivity (Wildman–Crippen MR) is 53.8 cm³/mol. The number of thioether (sulfide) groups is 1. The van der Waals surface area contributed by atoms with E-state index < -0.39 is 18.2 Å². The topological polar surface area (TPSA) is 20.2 Å². The van der Waals surface area contributed by atoms with Crippen LogP contribution in [0.5, 0.6) is 0 Å². The van der Waals surface area contributed by atoms with Gasteiger partial charge in [-0.2, -0.15) is 24.9 Å². The monoisotopic (exact) mass is 240 g/mol. The fourth-order valence-electron chi connectivity index (χ4n) is 2.55. The summed E-state index contributed by atoms with van der Waals surface area (Å²) in [5.41, 5.74) is 0. The second-order valence-electron chi connectivity index (χ2n) is 4.50. The van der Waals surface area contributed by atoms with Crippen molar-refractivity contribution in [3.05, 3.63) is 0 Å². The molecule has 15 heavy (non-hydrogen) atoms. The van der Waals surface area contributed by atoms with Crippen molar-refractivity contribution >= 4 is 11.8 Å². The molecule has 1 N–H and O–H groups in total. The maximum Gasteiger partial charge on any atom is 0.394 e. The van der Waals surface area contributed by atoms with E-state index in [-0.39, 0.29) is 16.9 Å². The molecule has 88 valence electrons. The fraction of sp³-hybridized carbons (Fsp3) is 1.00. The van der Waals surface area contributed by atoms with Gasteiger partial charge in [0.2, 0.25) is 0 Å². The summed E-state index contributed by atoms with van der Waals surface area (Å²) in [4.78, 5) is 0. The van der Waals surface area contributed by atoms with Gasteiger partial charge in [0.15, 0.2) is 0 Å². The van der Waals surface area contributed by atoms with Crippen LogP contribution in [0.15, 0.2) is 0 Å². The summed E-state index contributed by atoms with van der Waals surface area (Å²) in [5.74, 6) is -1.50. The zero-order valence-corrected chi connectivity index (χ0v) is 9.15. The van der Waals surface area contributed by atoms with Crippen molar-refractivity contribution in [2.45, 2.75) is 54.9 Å². The van der Waals surface area contributed by atoms with E-state index in [0.717, 1.165) is 19.3 Å². The van der Waals surface area contributed by atoms with Gasteiger partial charge in [0.25, 0.3) is 0 Å². The lowest BCUT2D eigenvalue weighted by Crippen LogP contribution is -2.35. The lowest BCUT2D eigenvalue weighted by atomic mass is 9.93. The number of alkyl halides is 3. The Kier molecular flexibility index (Phi) is 3.22. The average molecular weight is 240 g/mol. The maximum atomic E-state index is 12.7. The molecule has 4 atom stereocenters. The molecule has 2 heterocycles. The van der Waals surface area contributed by atoms with Crippen LogP contribution < -0.4 is 0 Å². The van der Waals surface area contributed by atoms with Crippen LogP contribution in [0, 0.1) is 5.92 Å². The second kappa shape index (κ2) is 4.17.